The van der Waals surface area contributed by atoms with Crippen molar-refractivity contribution in [2.45, 2.75) is 47.0 Å². The lowest BCUT2D eigenvalue weighted by Crippen LogP contribution is -2.19. The molecular formula is C23H24N6O4S4-2. The van der Waals surface area contributed by atoms with Crippen LogP contribution in [0, 0.1) is 0 Å². The Morgan fingerprint density at radius 3 is 1.59 bits per heavy atom. The second kappa shape index (κ2) is 11.4. The van der Waals surface area contributed by atoms with Crippen LogP contribution >= 0.6 is 46.2 Å². The Balaban J connectivity index is 1.51. The highest BCUT2D eigenvalue weighted by Gasteiger charge is 2.30. The van der Waals surface area contributed by atoms with Gasteiger partial charge >= 0.3 is 0 Å². The Hall–Kier alpha value is -2.68. The molecule has 0 unspecified atom stereocenters. The van der Waals surface area contributed by atoms with Gasteiger partial charge in [-0.3, -0.25) is 0 Å². The quantitative estimate of drug-likeness (QED) is 0.420. The molecular weight excluding hydrogens is 553 g/mol. The third kappa shape index (κ3) is 6.08. The molecule has 0 N–H and O–H groups in total. The van der Waals surface area contributed by atoms with Gasteiger partial charge in [-0.1, -0.05) is 13.8 Å². The van der Waals surface area contributed by atoms with Gasteiger partial charge in [0.05, 0.1) is 49.9 Å². The molecule has 4 heterocycles. The van der Waals surface area contributed by atoms with Crippen molar-refractivity contribution in [3.8, 4) is 0 Å². The van der Waals surface area contributed by atoms with Crippen molar-refractivity contribution in [3.63, 3.8) is 0 Å². The molecule has 0 radical (unpaired) electrons. The standard InChI is InChI=1S/C23H26N6O4S4/c1-7-32-17(30)15-11(3)24-21(36-15)28-19-26-13(9-34-19)23(5,6)14-10-35-20(27-14)29-22-25-12(4)16(37-22)18(31)33-8-2/h9-10,30-31H,7-8H2,1-6H3/p-2. The first-order chi connectivity index (χ1) is 17.6. The summed E-state index contributed by atoms with van der Waals surface area (Å²) in [4.78, 5) is 28.1. The maximum atomic E-state index is 12.1. The van der Waals surface area contributed by atoms with Crippen LogP contribution in [0.5, 0.6) is 0 Å². The number of hydrogen-bond acceptors (Lipinski definition) is 12. The van der Waals surface area contributed by atoms with E-state index < -0.39 is 17.3 Å². The van der Waals surface area contributed by atoms with Crippen LogP contribution < -0.4 is 10.2 Å². The molecule has 0 spiro atoms. The Morgan fingerprint density at radius 1 is 0.811 bits per heavy atom. The fraction of sp³-hybridized carbons (Fsp3) is 0.391. The average Bonchev–Trinajstić information content (AvgIpc) is 3.62. The fourth-order valence-electron chi connectivity index (χ4n) is 3.13. The molecule has 0 saturated carbocycles. The molecule has 2 aliphatic heterocycles. The third-order valence-corrected chi connectivity index (χ3v) is 8.67. The largest absolute Gasteiger partial charge is 0.613 e. The number of rotatable bonds is 8. The Morgan fingerprint density at radius 2 is 1.22 bits per heavy atom. The normalized spacial score (nSPS) is 20.9. The lowest BCUT2D eigenvalue weighted by Gasteiger charge is -2.19. The number of thiazole rings is 2. The third-order valence-electron chi connectivity index (χ3n) is 5.14. The van der Waals surface area contributed by atoms with Crippen LogP contribution in [0.4, 0.5) is 10.3 Å². The van der Waals surface area contributed by atoms with Crippen LogP contribution in [0.1, 0.15) is 52.9 Å². The van der Waals surface area contributed by atoms with E-state index in [9.17, 15) is 10.2 Å². The SMILES string of the molecule is CCOC([O-])=C1SC(=Nc2nc(C(C)(C)c3csc(N=C4N=C(C)C(=C([O-])OCC)S4)n3)cs2)N=C1C. The molecule has 37 heavy (non-hydrogen) atoms. The highest BCUT2D eigenvalue weighted by molar-refractivity contribution is 8.18. The molecule has 196 valence electrons. The lowest BCUT2D eigenvalue weighted by molar-refractivity contribution is -0.357. The van der Waals surface area contributed by atoms with Crippen LogP contribution in [0.2, 0.25) is 0 Å². The van der Waals surface area contributed by atoms with Gasteiger partial charge in [0.15, 0.2) is 10.3 Å². The van der Waals surface area contributed by atoms with Crippen LogP contribution in [-0.4, -0.2) is 44.9 Å². The molecule has 0 bridgehead atoms. The van der Waals surface area contributed by atoms with Gasteiger partial charge in [-0.25, -0.2) is 20.0 Å². The van der Waals surface area contributed by atoms with Crippen molar-refractivity contribution in [1.82, 2.24) is 9.97 Å². The molecule has 4 rings (SSSR count). The van der Waals surface area contributed by atoms with Gasteiger partial charge in [-0.15, -0.1) is 22.7 Å². The van der Waals surface area contributed by atoms with Gasteiger partial charge in [-0.05, 0) is 64.4 Å². The van der Waals surface area contributed by atoms with Crippen LogP contribution in [0.3, 0.4) is 0 Å². The molecule has 0 fully saturated rings. The fourth-order valence-corrected chi connectivity index (χ4v) is 6.62. The summed E-state index contributed by atoms with van der Waals surface area (Å²) in [5.74, 6) is -0.788. The highest BCUT2D eigenvalue weighted by Crippen LogP contribution is 2.38. The molecule has 0 aliphatic carbocycles. The summed E-state index contributed by atoms with van der Waals surface area (Å²) in [5.41, 5.74) is 2.28. The maximum Gasteiger partial charge on any atom is 0.211 e. The molecule has 10 nitrogen and oxygen atoms in total. The molecule has 0 aromatic carbocycles. The minimum Gasteiger partial charge on any atom is -0.613 e. The molecule has 2 aromatic rings. The highest BCUT2D eigenvalue weighted by atomic mass is 32.2. The lowest BCUT2D eigenvalue weighted by atomic mass is 9.87. The number of amidine groups is 2. The molecule has 0 amide bonds. The van der Waals surface area contributed by atoms with Crippen molar-refractivity contribution in [2.24, 2.45) is 20.0 Å². The topological polar surface area (TPSA) is 140 Å². The zero-order chi connectivity index (χ0) is 26.7. The first kappa shape index (κ1) is 27.4. The number of aliphatic imine (C=N–C) groups is 4. The number of nitrogens with zero attached hydrogens (tertiary/aromatic N) is 6. The van der Waals surface area contributed by atoms with E-state index in [2.05, 4.69) is 20.0 Å². The van der Waals surface area contributed by atoms with Crippen molar-refractivity contribution < 1.29 is 19.7 Å². The summed E-state index contributed by atoms with van der Waals surface area (Å²) < 4.78 is 10.2. The van der Waals surface area contributed by atoms with Crippen molar-refractivity contribution in [3.05, 3.63) is 43.8 Å². The number of aromatic nitrogens is 2. The van der Waals surface area contributed by atoms with E-state index in [1.54, 1.807) is 27.7 Å². The first-order valence-corrected chi connectivity index (χ1v) is 14.7. The number of hydrogen-bond donors (Lipinski definition) is 0. The summed E-state index contributed by atoms with van der Waals surface area (Å²) in [6.07, 6.45) is 0. The number of ether oxygens (including phenoxy) is 2. The summed E-state index contributed by atoms with van der Waals surface area (Å²) >= 11 is 5.15. The second-order valence-corrected chi connectivity index (χ2v) is 11.8. The van der Waals surface area contributed by atoms with Crippen LogP contribution in [0.15, 0.2) is 52.4 Å². The van der Waals surface area contributed by atoms with Crippen molar-refractivity contribution in [2.75, 3.05) is 13.2 Å². The number of allylic oxidation sites excluding steroid dienone is 2. The van der Waals surface area contributed by atoms with Crippen molar-refractivity contribution in [1.29, 1.82) is 0 Å². The van der Waals surface area contributed by atoms with E-state index >= 15 is 0 Å². The minimum absolute atomic E-state index is 0.303. The predicted octanol–water partition coefficient (Wildman–Crippen LogP) is 4.45. The van der Waals surface area contributed by atoms with Gasteiger partial charge < -0.3 is 19.7 Å². The van der Waals surface area contributed by atoms with Gasteiger partial charge in [0.25, 0.3) is 0 Å². The summed E-state index contributed by atoms with van der Waals surface area (Å²) in [7, 11) is 0. The predicted molar refractivity (Wildman–Crippen MR) is 149 cm³/mol. The van der Waals surface area contributed by atoms with Crippen molar-refractivity contribution >= 4 is 78.2 Å². The van der Waals surface area contributed by atoms with E-state index in [-0.39, 0.29) is 0 Å². The molecule has 0 saturated heterocycles. The Kier molecular flexibility index (Phi) is 8.41. The van der Waals surface area contributed by atoms with Crippen LogP contribution in [-0.2, 0) is 14.9 Å². The summed E-state index contributed by atoms with van der Waals surface area (Å²) in [5, 5.41) is 30.0. The first-order valence-electron chi connectivity index (χ1n) is 11.3. The summed E-state index contributed by atoms with van der Waals surface area (Å²) in [6, 6.07) is 0. The van der Waals surface area contributed by atoms with E-state index in [0.29, 0.717) is 55.0 Å². The van der Waals surface area contributed by atoms with Gasteiger partial charge in [0.1, 0.15) is 0 Å². The van der Waals surface area contributed by atoms with Gasteiger partial charge in [0, 0.05) is 10.8 Å². The molecule has 14 heteroatoms. The minimum atomic E-state index is -0.502. The monoisotopic (exact) mass is 576 g/mol. The van der Waals surface area contributed by atoms with E-state index in [0.717, 1.165) is 11.4 Å². The smallest absolute Gasteiger partial charge is 0.211 e. The Bertz CT molecular complexity index is 1280. The van der Waals surface area contributed by atoms with E-state index in [1.807, 2.05) is 24.6 Å². The summed E-state index contributed by atoms with van der Waals surface area (Å²) in [6.45, 7) is 11.7. The van der Waals surface area contributed by atoms with Crippen LogP contribution in [0.25, 0.3) is 0 Å². The van der Waals surface area contributed by atoms with Gasteiger partial charge in [-0.2, -0.15) is 9.98 Å². The zero-order valence-corrected chi connectivity index (χ0v) is 24.3. The number of thioether (sulfide) groups is 2. The zero-order valence-electron chi connectivity index (χ0n) is 21.0. The molecule has 2 aromatic heterocycles. The molecule has 0 atom stereocenters. The second-order valence-electron chi connectivity index (χ2n) is 8.14. The molecule has 2 aliphatic rings. The van der Waals surface area contributed by atoms with Gasteiger partial charge in [0.2, 0.25) is 10.3 Å². The van der Waals surface area contributed by atoms with E-state index in [4.69, 9.17) is 19.4 Å². The Labute approximate surface area is 231 Å². The van der Waals surface area contributed by atoms with E-state index in [1.165, 1.54) is 46.2 Å². The average molecular weight is 577 g/mol. The maximum absolute atomic E-state index is 12.1.